The number of sulfonamides is 1. The molecule has 2 aliphatic rings. The van der Waals surface area contributed by atoms with Gasteiger partial charge in [0.05, 0.1) is 34.8 Å². The number of pyridine rings is 1. The summed E-state index contributed by atoms with van der Waals surface area (Å²) in [6.45, 7) is 1.45. The summed E-state index contributed by atoms with van der Waals surface area (Å²) >= 11 is 0.843. The predicted octanol–water partition coefficient (Wildman–Crippen LogP) is 8.13. The van der Waals surface area contributed by atoms with Crippen LogP contribution in [0.5, 0.6) is 11.5 Å². The van der Waals surface area contributed by atoms with Gasteiger partial charge in [0.25, 0.3) is 10.0 Å². The zero-order valence-corrected chi connectivity index (χ0v) is 38.1. The topological polar surface area (TPSA) is 221 Å². The summed E-state index contributed by atoms with van der Waals surface area (Å²) in [5.41, 5.74) is 6.46. The van der Waals surface area contributed by atoms with Gasteiger partial charge in [-0.25, -0.2) is 13.4 Å². The van der Waals surface area contributed by atoms with Gasteiger partial charge in [-0.05, 0) is 141 Å². The number of nitrogens with zero attached hydrogens (tertiary/aromatic N) is 4. The molecule has 354 valence electrons. The van der Waals surface area contributed by atoms with Crippen molar-refractivity contribution in [3.8, 4) is 39.8 Å². The van der Waals surface area contributed by atoms with Crippen LogP contribution in [0.15, 0.2) is 90.3 Å². The fourth-order valence-corrected chi connectivity index (χ4v) is 9.95. The van der Waals surface area contributed by atoms with E-state index in [2.05, 4.69) is 29.7 Å². The molecule has 20 heteroatoms. The maximum Gasteiger partial charge on any atom is 0.416 e. The fourth-order valence-electron chi connectivity index (χ4n) is 8.26. The number of nitrogens with one attached hydrogen (secondary N) is 3. The average molecular weight is 961 g/mol. The van der Waals surface area contributed by atoms with E-state index in [0.717, 1.165) is 55.4 Å². The number of nitrogens with two attached hydrogens (primary N) is 1. The van der Waals surface area contributed by atoms with Crippen LogP contribution in [0, 0.1) is 17.2 Å². The molecule has 5 N–H and O–H groups in total. The maximum absolute atomic E-state index is 14.4. The third kappa shape index (κ3) is 13.6. The van der Waals surface area contributed by atoms with Gasteiger partial charge in [0, 0.05) is 67.6 Å². The number of ether oxygens (including phenoxy) is 3. The number of aromatic nitrogens is 3. The highest BCUT2D eigenvalue weighted by molar-refractivity contribution is 7.93. The molecule has 3 aromatic carbocycles. The van der Waals surface area contributed by atoms with Crippen LogP contribution in [-0.4, -0.2) is 72.6 Å². The highest BCUT2D eigenvalue weighted by atomic mass is 32.2. The Hall–Kier alpha value is -5.98. The molecule has 2 aromatic heterocycles. The standard InChI is InChI=1S/C47H51F3N8O7S2/c48-47(49,50)36-23-30(28-54-45(60)32-3-6-37(7-4-32)57-44(59)2-1-20-63-38-8-10-39(11-9-38)64-21-17-51)22-34(24-36)33-5-13-43(41(26-33)31-15-18-53-19-16-31)65-42-14-12-40(25-35(42)27-52)67(61,62)58-46-55-29-56-66-46/h5,12-16,18-19,22-26,29,32,37-39H,1-4,6-11,17,20-21,28,51H2,(H,54,60)(H,57,59)(H,55,56,58). The number of hydrogen-bond donors (Lipinski definition) is 4. The number of alkyl halides is 3. The molecule has 2 heterocycles. The zero-order valence-electron chi connectivity index (χ0n) is 36.5. The van der Waals surface area contributed by atoms with Crippen LogP contribution in [0.2, 0.25) is 0 Å². The molecule has 7 rings (SSSR count). The number of amides is 2. The van der Waals surface area contributed by atoms with Gasteiger partial charge < -0.3 is 30.6 Å². The number of carbonyl (C=O) groups is 2. The predicted molar refractivity (Wildman–Crippen MR) is 244 cm³/mol. The van der Waals surface area contributed by atoms with Gasteiger partial charge >= 0.3 is 6.18 Å². The molecule has 0 radical (unpaired) electrons. The molecule has 0 aliphatic heterocycles. The minimum atomic E-state index is -4.69. The zero-order chi connectivity index (χ0) is 47.4. The van der Waals surface area contributed by atoms with Crippen LogP contribution in [0.1, 0.15) is 80.9 Å². The van der Waals surface area contributed by atoms with E-state index in [4.69, 9.17) is 19.9 Å². The Balaban J connectivity index is 0.968. The van der Waals surface area contributed by atoms with Crippen molar-refractivity contribution < 1.29 is 45.4 Å². The molecule has 0 atom stereocenters. The van der Waals surface area contributed by atoms with E-state index in [9.17, 15) is 36.4 Å². The highest BCUT2D eigenvalue weighted by Gasteiger charge is 2.32. The van der Waals surface area contributed by atoms with E-state index in [-0.39, 0.29) is 80.7 Å². The maximum atomic E-state index is 14.4. The first kappa shape index (κ1) is 48.9. The quantitative estimate of drug-likeness (QED) is 0.0577. The fraction of sp³-hybridized carbons (Fsp3) is 0.404. The summed E-state index contributed by atoms with van der Waals surface area (Å²) in [7, 11) is -4.12. The van der Waals surface area contributed by atoms with Crippen molar-refractivity contribution in [3.63, 3.8) is 0 Å². The van der Waals surface area contributed by atoms with Gasteiger partial charge in [0.15, 0.2) is 0 Å². The average Bonchev–Trinajstić information content (AvgIpc) is 3.84. The summed E-state index contributed by atoms with van der Waals surface area (Å²) < 4.78 is 93.1. The van der Waals surface area contributed by atoms with Crippen molar-refractivity contribution in [2.24, 2.45) is 11.7 Å². The Labute approximate surface area is 390 Å². The number of nitriles is 1. The number of carbonyl (C=O) groups excluding carboxylic acids is 2. The lowest BCUT2D eigenvalue weighted by Crippen LogP contribution is -2.40. The molecule has 2 amide bonds. The Bertz CT molecular complexity index is 2620. The monoisotopic (exact) mass is 960 g/mol. The van der Waals surface area contributed by atoms with E-state index in [0.29, 0.717) is 75.0 Å². The Morgan fingerprint density at radius 3 is 2.24 bits per heavy atom. The number of anilines is 1. The van der Waals surface area contributed by atoms with Crippen molar-refractivity contribution in [3.05, 3.63) is 102 Å². The number of benzene rings is 3. The van der Waals surface area contributed by atoms with E-state index >= 15 is 0 Å². The molecule has 2 fully saturated rings. The molecule has 2 saturated carbocycles. The second kappa shape index (κ2) is 22.7. The van der Waals surface area contributed by atoms with Crippen molar-refractivity contribution >= 4 is 38.5 Å². The van der Waals surface area contributed by atoms with E-state index in [1.807, 2.05) is 6.07 Å². The second-order valence-electron chi connectivity index (χ2n) is 16.5. The largest absolute Gasteiger partial charge is 0.455 e. The molecular weight excluding hydrogens is 910 g/mol. The summed E-state index contributed by atoms with van der Waals surface area (Å²) in [4.78, 5) is 33.7. The smallest absolute Gasteiger partial charge is 0.416 e. The number of halogens is 3. The molecular formula is C47H51F3N8O7S2. The van der Waals surface area contributed by atoms with E-state index in [1.54, 1.807) is 36.4 Å². The van der Waals surface area contributed by atoms with Crippen molar-refractivity contribution in [2.75, 3.05) is 24.5 Å². The van der Waals surface area contributed by atoms with Crippen LogP contribution in [-0.2, 0) is 41.8 Å². The van der Waals surface area contributed by atoms with Crippen molar-refractivity contribution in [1.82, 2.24) is 25.0 Å². The Morgan fingerprint density at radius 2 is 1.57 bits per heavy atom. The molecule has 0 bridgehead atoms. The first-order chi connectivity index (χ1) is 32.3. The summed E-state index contributed by atoms with van der Waals surface area (Å²) in [5, 5.41) is 16.0. The first-order valence-electron chi connectivity index (χ1n) is 22.1. The lowest BCUT2D eigenvalue weighted by molar-refractivity contribution is -0.137. The molecule has 0 saturated heterocycles. The van der Waals surface area contributed by atoms with Gasteiger partial charge in [-0.1, -0.05) is 6.07 Å². The summed E-state index contributed by atoms with van der Waals surface area (Å²) in [6.07, 6.45) is 6.97. The normalized spacial score (nSPS) is 18.7. The summed E-state index contributed by atoms with van der Waals surface area (Å²) in [5.74, 6) is -0.409. The van der Waals surface area contributed by atoms with Crippen molar-refractivity contribution in [2.45, 2.75) is 100 Å². The van der Waals surface area contributed by atoms with Crippen LogP contribution in [0.25, 0.3) is 22.3 Å². The minimum Gasteiger partial charge on any atom is -0.455 e. The van der Waals surface area contributed by atoms with E-state index < -0.39 is 21.8 Å². The van der Waals surface area contributed by atoms with Gasteiger partial charge in [-0.2, -0.15) is 22.8 Å². The van der Waals surface area contributed by atoms with Crippen LogP contribution in [0.4, 0.5) is 18.3 Å². The molecule has 5 aromatic rings. The van der Waals surface area contributed by atoms with Crippen molar-refractivity contribution in [1.29, 1.82) is 5.26 Å². The highest BCUT2D eigenvalue weighted by Crippen LogP contribution is 2.40. The van der Waals surface area contributed by atoms with Gasteiger partial charge in [0.2, 0.25) is 16.9 Å². The lowest BCUT2D eigenvalue weighted by Gasteiger charge is -2.29. The SMILES string of the molecule is N#Cc1cc(S(=O)(=O)Nc2ncns2)ccc1Oc1ccc(-c2cc(CNC(=O)C3CCC(NC(=O)CCCOC4CCC(OCCN)CC4)CC3)cc(C(F)(F)F)c2)cc1-c1ccncc1. The lowest BCUT2D eigenvalue weighted by atomic mass is 9.85. The number of hydrogen-bond acceptors (Lipinski definition) is 13. The Morgan fingerprint density at radius 1 is 0.851 bits per heavy atom. The molecule has 67 heavy (non-hydrogen) atoms. The molecule has 15 nitrogen and oxygen atoms in total. The number of rotatable bonds is 19. The second-order valence-corrected chi connectivity index (χ2v) is 18.9. The van der Waals surface area contributed by atoms with Gasteiger partial charge in [-0.15, -0.1) is 0 Å². The minimum absolute atomic E-state index is 0.0340. The summed E-state index contributed by atoms with van der Waals surface area (Å²) in [6, 6.07) is 17.5. The molecule has 0 spiro atoms. The van der Waals surface area contributed by atoms with Crippen LogP contribution < -0.4 is 25.8 Å². The molecule has 0 unspecified atom stereocenters. The third-order valence-corrected chi connectivity index (χ3v) is 13.8. The third-order valence-electron chi connectivity index (χ3n) is 11.7. The first-order valence-corrected chi connectivity index (χ1v) is 24.3. The van der Waals surface area contributed by atoms with Gasteiger partial charge in [-0.3, -0.25) is 19.3 Å². The molecule has 2 aliphatic carbocycles. The van der Waals surface area contributed by atoms with Crippen LogP contribution >= 0.6 is 11.5 Å². The Kier molecular flexibility index (Phi) is 16.6. The van der Waals surface area contributed by atoms with E-state index in [1.165, 1.54) is 30.9 Å². The van der Waals surface area contributed by atoms with Gasteiger partial charge in [0.1, 0.15) is 23.9 Å². The van der Waals surface area contributed by atoms with Crippen LogP contribution in [0.3, 0.4) is 0 Å².